The number of ether oxygens (including phenoxy) is 3. The fourth-order valence-electron chi connectivity index (χ4n) is 8.11. The number of esters is 3. The second-order valence-corrected chi connectivity index (χ2v) is 19.5. The fraction of sp³-hybridized carbons (Fsp3) is 0.708. The fourth-order valence-corrected chi connectivity index (χ4v) is 8.11. The van der Waals surface area contributed by atoms with E-state index in [9.17, 15) is 14.4 Å². The average Bonchev–Trinajstić information content (AvgIpc) is 3.37. The standard InChI is InChI=1S/C65H110O6/c1-4-7-10-13-16-19-22-25-27-29-30-31-32-33-34-36-37-40-43-46-49-52-55-58-64(67)70-61-62(60-69-63(66)57-54-51-48-45-42-39-24-21-18-15-12-9-6-3)71-65(68)59-56-53-50-47-44-41-38-35-28-26-23-20-17-14-11-8-5-2/h9,12,17-18,20-22,25-26,28-30,39,42,48,51,62H,4-8,10-11,13-16,19,23-24,27,31-38,40-41,43-47,49-50,52-61H2,1-3H3/b12-9-,20-17-,21-18-,25-22-,28-26-,30-29-,42-39-,51-48-. The van der Waals surface area contributed by atoms with Crippen LogP contribution >= 0.6 is 0 Å². The molecular formula is C65H110O6. The molecule has 0 aliphatic carbocycles. The Kier molecular flexibility index (Phi) is 55.9. The van der Waals surface area contributed by atoms with Gasteiger partial charge in [0.1, 0.15) is 13.2 Å². The van der Waals surface area contributed by atoms with Gasteiger partial charge in [-0.25, -0.2) is 0 Å². The molecule has 0 fully saturated rings. The van der Waals surface area contributed by atoms with Gasteiger partial charge in [-0.15, -0.1) is 0 Å². The van der Waals surface area contributed by atoms with Crippen molar-refractivity contribution in [3.05, 3.63) is 97.2 Å². The van der Waals surface area contributed by atoms with Crippen LogP contribution in [0.3, 0.4) is 0 Å². The molecule has 0 saturated heterocycles. The summed E-state index contributed by atoms with van der Waals surface area (Å²) in [4.78, 5) is 38.1. The van der Waals surface area contributed by atoms with Crippen LogP contribution in [0.1, 0.15) is 278 Å². The maximum atomic E-state index is 12.9. The number of rotatable bonds is 53. The van der Waals surface area contributed by atoms with Crippen LogP contribution in [-0.2, 0) is 28.6 Å². The van der Waals surface area contributed by atoms with Crippen molar-refractivity contribution in [1.29, 1.82) is 0 Å². The molecule has 0 amide bonds. The molecule has 1 atom stereocenters. The first kappa shape index (κ1) is 67.3. The second kappa shape index (κ2) is 58.9. The number of unbranched alkanes of at least 4 members (excludes halogenated alkanes) is 26. The molecule has 0 aliphatic rings. The van der Waals surface area contributed by atoms with Crippen molar-refractivity contribution >= 4 is 17.9 Å². The smallest absolute Gasteiger partial charge is 0.306 e. The zero-order valence-corrected chi connectivity index (χ0v) is 46.5. The highest BCUT2D eigenvalue weighted by molar-refractivity contribution is 5.71. The van der Waals surface area contributed by atoms with Crippen molar-refractivity contribution in [3.63, 3.8) is 0 Å². The van der Waals surface area contributed by atoms with Gasteiger partial charge in [-0.3, -0.25) is 14.4 Å². The van der Waals surface area contributed by atoms with Crippen LogP contribution in [0.15, 0.2) is 97.2 Å². The van der Waals surface area contributed by atoms with Gasteiger partial charge in [-0.1, -0.05) is 246 Å². The van der Waals surface area contributed by atoms with E-state index in [0.29, 0.717) is 19.3 Å². The third kappa shape index (κ3) is 57.1. The molecule has 6 heteroatoms. The van der Waals surface area contributed by atoms with E-state index in [4.69, 9.17) is 14.2 Å². The SMILES string of the molecule is CC/C=C\C/C=C\C/C=C\C/C=C\CCC(=O)OCC(COC(=O)CCCCCCCCCCCCC/C=C\C/C=C\CCCCCCC)OC(=O)CCCCCCCCC/C=C\C/C=C\CCCCC. The zero-order valence-electron chi connectivity index (χ0n) is 46.5. The van der Waals surface area contributed by atoms with Crippen LogP contribution in [0, 0.1) is 0 Å². The second-order valence-electron chi connectivity index (χ2n) is 19.5. The quantitative estimate of drug-likeness (QED) is 0.0261. The monoisotopic (exact) mass is 987 g/mol. The minimum absolute atomic E-state index is 0.104. The molecule has 6 nitrogen and oxygen atoms in total. The van der Waals surface area contributed by atoms with Crippen LogP contribution < -0.4 is 0 Å². The van der Waals surface area contributed by atoms with Crippen molar-refractivity contribution in [2.24, 2.45) is 0 Å². The van der Waals surface area contributed by atoms with Crippen molar-refractivity contribution in [1.82, 2.24) is 0 Å². The molecule has 0 N–H and O–H groups in total. The van der Waals surface area contributed by atoms with Crippen molar-refractivity contribution < 1.29 is 28.6 Å². The molecular weight excluding hydrogens is 877 g/mol. The summed E-state index contributed by atoms with van der Waals surface area (Å²) in [5.41, 5.74) is 0. The Hall–Kier alpha value is -3.67. The molecule has 0 saturated carbocycles. The van der Waals surface area contributed by atoms with E-state index in [2.05, 4.69) is 112 Å². The van der Waals surface area contributed by atoms with Gasteiger partial charge in [0.05, 0.1) is 0 Å². The molecule has 0 spiro atoms. The lowest BCUT2D eigenvalue weighted by Crippen LogP contribution is -2.30. The van der Waals surface area contributed by atoms with E-state index >= 15 is 0 Å². The summed E-state index contributed by atoms with van der Waals surface area (Å²) in [6, 6.07) is 0. The van der Waals surface area contributed by atoms with Gasteiger partial charge in [0.25, 0.3) is 0 Å². The maximum absolute atomic E-state index is 12.9. The largest absolute Gasteiger partial charge is 0.462 e. The van der Waals surface area contributed by atoms with E-state index in [1.165, 1.54) is 148 Å². The summed E-state index contributed by atoms with van der Waals surface area (Å²) in [5, 5.41) is 0. The average molecular weight is 988 g/mol. The van der Waals surface area contributed by atoms with Crippen LogP contribution in [0.2, 0.25) is 0 Å². The Balaban J connectivity index is 4.39. The van der Waals surface area contributed by atoms with Gasteiger partial charge in [-0.05, 0) is 109 Å². The molecule has 0 aromatic carbocycles. The summed E-state index contributed by atoms with van der Waals surface area (Å²) in [7, 11) is 0. The lowest BCUT2D eigenvalue weighted by Gasteiger charge is -2.18. The number of carbonyl (C=O) groups is 3. The predicted octanol–water partition coefficient (Wildman–Crippen LogP) is 20.1. The Morgan fingerprint density at radius 2 is 0.577 bits per heavy atom. The van der Waals surface area contributed by atoms with E-state index < -0.39 is 6.10 Å². The maximum Gasteiger partial charge on any atom is 0.306 e. The van der Waals surface area contributed by atoms with E-state index in [1.54, 1.807) is 0 Å². The molecule has 0 radical (unpaired) electrons. The van der Waals surface area contributed by atoms with Gasteiger partial charge in [-0.2, -0.15) is 0 Å². The zero-order chi connectivity index (χ0) is 51.4. The molecule has 0 rings (SSSR count). The highest BCUT2D eigenvalue weighted by Gasteiger charge is 2.19. The summed E-state index contributed by atoms with van der Waals surface area (Å²) < 4.78 is 16.8. The van der Waals surface area contributed by atoms with Crippen LogP contribution in [0.4, 0.5) is 0 Å². The van der Waals surface area contributed by atoms with Gasteiger partial charge in [0, 0.05) is 19.3 Å². The van der Waals surface area contributed by atoms with Crippen LogP contribution in [0.5, 0.6) is 0 Å². The molecule has 0 bridgehead atoms. The third-order valence-corrected chi connectivity index (χ3v) is 12.6. The summed E-state index contributed by atoms with van der Waals surface area (Å²) in [6.45, 7) is 6.43. The Morgan fingerprint density at radius 1 is 0.296 bits per heavy atom. The molecule has 0 heterocycles. The molecule has 71 heavy (non-hydrogen) atoms. The molecule has 1 unspecified atom stereocenters. The van der Waals surface area contributed by atoms with E-state index in [-0.39, 0.29) is 37.5 Å². The van der Waals surface area contributed by atoms with Gasteiger partial charge in [0.15, 0.2) is 6.10 Å². The lowest BCUT2D eigenvalue weighted by atomic mass is 10.0. The van der Waals surface area contributed by atoms with Gasteiger partial charge >= 0.3 is 17.9 Å². The number of carbonyl (C=O) groups excluding carboxylic acids is 3. The van der Waals surface area contributed by atoms with Crippen LogP contribution in [0.25, 0.3) is 0 Å². The number of hydrogen-bond acceptors (Lipinski definition) is 6. The van der Waals surface area contributed by atoms with E-state index in [0.717, 1.165) is 83.5 Å². The number of allylic oxidation sites excluding steroid dienone is 16. The third-order valence-electron chi connectivity index (χ3n) is 12.6. The Labute approximate surface area is 438 Å². The highest BCUT2D eigenvalue weighted by Crippen LogP contribution is 2.15. The number of hydrogen-bond donors (Lipinski definition) is 0. The van der Waals surface area contributed by atoms with E-state index in [1.807, 2.05) is 6.08 Å². The van der Waals surface area contributed by atoms with Crippen molar-refractivity contribution in [2.75, 3.05) is 13.2 Å². The summed E-state index contributed by atoms with van der Waals surface area (Å²) >= 11 is 0. The molecule has 0 aromatic rings. The first-order valence-corrected chi connectivity index (χ1v) is 29.7. The first-order valence-electron chi connectivity index (χ1n) is 29.7. The molecule has 0 aliphatic heterocycles. The summed E-state index contributed by atoms with van der Waals surface area (Å²) in [5.74, 6) is -0.995. The van der Waals surface area contributed by atoms with Gasteiger partial charge < -0.3 is 14.2 Å². The van der Waals surface area contributed by atoms with Crippen molar-refractivity contribution in [3.8, 4) is 0 Å². The first-order chi connectivity index (χ1) is 35.0. The topological polar surface area (TPSA) is 78.9 Å². The predicted molar refractivity (Wildman–Crippen MR) is 307 cm³/mol. The highest BCUT2D eigenvalue weighted by atomic mass is 16.6. The Bertz CT molecular complexity index is 1410. The minimum Gasteiger partial charge on any atom is -0.462 e. The van der Waals surface area contributed by atoms with Crippen molar-refractivity contribution in [2.45, 2.75) is 284 Å². The van der Waals surface area contributed by atoms with Crippen LogP contribution in [-0.4, -0.2) is 37.2 Å². The lowest BCUT2D eigenvalue weighted by molar-refractivity contribution is -0.166. The molecule has 406 valence electrons. The normalized spacial score (nSPS) is 12.8. The minimum atomic E-state index is -0.812. The van der Waals surface area contributed by atoms with Gasteiger partial charge in [0.2, 0.25) is 0 Å². The summed E-state index contributed by atoms with van der Waals surface area (Å²) in [6.07, 6.45) is 78.5. The molecule has 0 aromatic heterocycles. The Morgan fingerprint density at radius 3 is 0.972 bits per heavy atom.